The van der Waals surface area contributed by atoms with E-state index in [0.29, 0.717) is 12.1 Å². The highest BCUT2D eigenvalue weighted by molar-refractivity contribution is 7.17. The van der Waals surface area contributed by atoms with Crippen molar-refractivity contribution < 1.29 is 9.53 Å². The SMILES string of the molecule is CC(=O)c1cnc(N2CCOC3CCCCC32)s1. The molecular formula is C13H18N2O2S. The van der Waals surface area contributed by atoms with Crippen molar-refractivity contribution in [2.24, 2.45) is 0 Å². The number of hydrogen-bond donors (Lipinski definition) is 0. The largest absolute Gasteiger partial charge is 0.374 e. The van der Waals surface area contributed by atoms with Gasteiger partial charge in [0.1, 0.15) is 0 Å². The molecule has 1 aliphatic heterocycles. The molecule has 2 fully saturated rings. The molecule has 2 heterocycles. The van der Waals surface area contributed by atoms with E-state index >= 15 is 0 Å². The molecular weight excluding hydrogens is 248 g/mol. The quantitative estimate of drug-likeness (QED) is 0.771. The van der Waals surface area contributed by atoms with Crippen LogP contribution in [0.1, 0.15) is 42.3 Å². The number of carbonyl (C=O) groups is 1. The van der Waals surface area contributed by atoms with E-state index in [-0.39, 0.29) is 5.78 Å². The van der Waals surface area contributed by atoms with Gasteiger partial charge in [0.15, 0.2) is 10.9 Å². The number of anilines is 1. The summed E-state index contributed by atoms with van der Waals surface area (Å²) in [5.74, 6) is 0.104. The summed E-state index contributed by atoms with van der Waals surface area (Å²) in [6, 6.07) is 0.457. The van der Waals surface area contributed by atoms with Gasteiger partial charge in [0, 0.05) is 13.5 Å². The van der Waals surface area contributed by atoms with Crippen LogP contribution in [0.25, 0.3) is 0 Å². The Balaban J connectivity index is 1.82. The van der Waals surface area contributed by atoms with E-state index in [2.05, 4.69) is 9.88 Å². The lowest BCUT2D eigenvalue weighted by atomic mass is 9.90. The van der Waals surface area contributed by atoms with Crippen LogP contribution in [0, 0.1) is 0 Å². The van der Waals surface area contributed by atoms with Crippen LogP contribution >= 0.6 is 11.3 Å². The number of rotatable bonds is 2. The molecule has 0 radical (unpaired) electrons. The van der Waals surface area contributed by atoms with Gasteiger partial charge >= 0.3 is 0 Å². The first-order valence-electron chi connectivity index (χ1n) is 6.61. The standard InChI is InChI=1S/C13H18N2O2S/c1-9(16)12-8-14-13(18-12)15-6-7-17-11-5-3-2-4-10(11)15/h8,10-11H,2-7H2,1H3. The van der Waals surface area contributed by atoms with Crippen molar-refractivity contribution in [1.29, 1.82) is 0 Å². The van der Waals surface area contributed by atoms with E-state index in [1.54, 1.807) is 13.1 Å². The van der Waals surface area contributed by atoms with Crippen LogP contribution in [-0.2, 0) is 4.74 Å². The highest BCUT2D eigenvalue weighted by Gasteiger charge is 2.35. The summed E-state index contributed by atoms with van der Waals surface area (Å²) < 4.78 is 5.86. The van der Waals surface area contributed by atoms with Crippen molar-refractivity contribution in [3.63, 3.8) is 0 Å². The van der Waals surface area contributed by atoms with E-state index in [4.69, 9.17) is 4.74 Å². The van der Waals surface area contributed by atoms with Crippen LogP contribution in [-0.4, -0.2) is 36.1 Å². The molecule has 2 unspecified atom stereocenters. The van der Waals surface area contributed by atoms with Crippen molar-refractivity contribution in [2.75, 3.05) is 18.1 Å². The molecule has 1 aromatic rings. The number of carbonyl (C=O) groups excluding carboxylic acids is 1. The number of ketones is 1. The third-order valence-corrected chi connectivity index (χ3v) is 4.95. The number of thiazole rings is 1. The number of fused-ring (bicyclic) bond motifs is 1. The summed E-state index contributed by atoms with van der Waals surface area (Å²) in [5.41, 5.74) is 0. The molecule has 0 N–H and O–H groups in total. The fraction of sp³-hybridized carbons (Fsp3) is 0.692. The average molecular weight is 266 g/mol. The zero-order valence-electron chi connectivity index (χ0n) is 10.6. The lowest BCUT2D eigenvalue weighted by Crippen LogP contribution is -2.52. The minimum absolute atomic E-state index is 0.104. The minimum atomic E-state index is 0.104. The first kappa shape index (κ1) is 12.1. The molecule has 18 heavy (non-hydrogen) atoms. The van der Waals surface area contributed by atoms with Gasteiger partial charge in [-0.15, -0.1) is 0 Å². The van der Waals surface area contributed by atoms with Crippen molar-refractivity contribution in [1.82, 2.24) is 4.98 Å². The van der Waals surface area contributed by atoms with Crippen LogP contribution in [0.15, 0.2) is 6.20 Å². The van der Waals surface area contributed by atoms with E-state index in [0.717, 1.165) is 29.6 Å². The molecule has 3 rings (SSSR count). The Hall–Kier alpha value is -0.940. The second-order valence-electron chi connectivity index (χ2n) is 5.02. The summed E-state index contributed by atoms with van der Waals surface area (Å²) in [6.45, 7) is 3.27. The Morgan fingerprint density at radius 1 is 1.50 bits per heavy atom. The third-order valence-electron chi connectivity index (χ3n) is 3.82. The number of Topliss-reactive ketones (excluding diaryl/α,β-unsaturated/α-hetero) is 1. The summed E-state index contributed by atoms with van der Waals surface area (Å²) >= 11 is 1.51. The van der Waals surface area contributed by atoms with Crippen molar-refractivity contribution in [3.8, 4) is 0 Å². The van der Waals surface area contributed by atoms with Gasteiger partial charge in [0.05, 0.1) is 29.8 Å². The maximum absolute atomic E-state index is 11.4. The Morgan fingerprint density at radius 3 is 3.11 bits per heavy atom. The highest BCUT2D eigenvalue weighted by Crippen LogP contribution is 2.33. The molecule has 1 aromatic heterocycles. The van der Waals surface area contributed by atoms with Gasteiger partial charge < -0.3 is 9.64 Å². The molecule has 0 aromatic carbocycles. The van der Waals surface area contributed by atoms with Crippen LogP contribution in [0.5, 0.6) is 0 Å². The van der Waals surface area contributed by atoms with E-state index in [9.17, 15) is 4.79 Å². The van der Waals surface area contributed by atoms with Gasteiger partial charge in [-0.1, -0.05) is 24.2 Å². The van der Waals surface area contributed by atoms with E-state index in [1.807, 2.05) is 0 Å². The average Bonchev–Trinajstić information content (AvgIpc) is 2.87. The number of hydrogen-bond acceptors (Lipinski definition) is 5. The Bertz CT molecular complexity index is 444. The molecule has 4 nitrogen and oxygen atoms in total. The normalized spacial score (nSPS) is 27.9. The second-order valence-corrected chi connectivity index (χ2v) is 6.03. The first-order chi connectivity index (χ1) is 8.75. The lowest BCUT2D eigenvalue weighted by molar-refractivity contribution is -0.00869. The van der Waals surface area contributed by atoms with E-state index < -0.39 is 0 Å². The molecule has 0 amide bonds. The fourth-order valence-corrected chi connectivity index (χ4v) is 3.79. The maximum Gasteiger partial charge on any atom is 0.186 e. The molecule has 5 heteroatoms. The monoisotopic (exact) mass is 266 g/mol. The summed E-state index contributed by atoms with van der Waals surface area (Å²) in [7, 11) is 0. The smallest absolute Gasteiger partial charge is 0.186 e. The van der Waals surface area contributed by atoms with Crippen LogP contribution in [0.4, 0.5) is 5.13 Å². The molecule has 0 bridgehead atoms. The van der Waals surface area contributed by atoms with Gasteiger partial charge in [-0.05, 0) is 12.8 Å². The fourth-order valence-electron chi connectivity index (χ4n) is 2.89. The number of nitrogens with zero attached hydrogens (tertiary/aromatic N) is 2. The number of ether oxygens (including phenoxy) is 1. The molecule has 1 aliphatic carbocycles. The lowest BCUT2D eigenvalue weighted by Gasteiger charge is -2.43. The third kappa shape index (κ3) is 2.17. The van der Waals surface area contributed by atoms with Gasteiger partial charge in [-0.3, -0.25) is 4.79 Å². The van der Waals surface area contributed by atoms with Crippen molar-refractivity contribution >= 4 is 22.3 Å². The second kappa shape index (κ2) is 4.97. The Labute approximate surface area is 111 Å². The predicted molar refractivity (Wildman–Crippen MR) is 71.5 cm³/mol. The van der Waals surface area contributed by atoms with Gasteiger partial charge in [-0.2, -0.15) is 0 Å². The molecule has 2 atom stereocenters. The molecule has 2 aliphatic rings. The number of morpholine rings is 1. The van der Waals surface area contributed by atoms with Crippen LogP contribution in [0.3, 0.4) is 0 Å². The zero-order valence-corrected chi connectivity index (χ0v) is 11.4. The first-order valence-corrected chi connectivity index (χ1v) is 7.42. The molecule has 1 saturated heterocycles. The zero-order chi connectivity index (χ0) is 12.5. The highest BCUT2D eigenvalue weighted by atomic mass is 32.1. The molecule has 98 valence electrons. The van der Waals surface area contributed by atoms with Crippen molar-refractivity contribution in [3.05, 3.63) is 11.1 Å². The van der Waals surface area contributed by atoms with Gasteiger partial charge in [0.25, 0.3) is 0 Å². The summed E-state index contributed by atoms with van der Waals surface area (Å²) in [5, 5.41) is 0.986. The van der Waals surface area contributed by atoms with E-state index in [1.165, 1.54) is 30.6 Å². The summed E-state index contributed by atoms with van der Waals surface area (Å²) in [4.78, 5) is 18.9. The molecule has 0 spiro atoms. The minimum Gasteiger partial charge on any atom is -0.374 e. The number of aromatic nitrogens is 1. The summed E-state index contributed by atoms with van der Waals surface area (Å²) in [6.07, 6.45) is 6.94. The Morgan fingerprint density at radius 2 is 2.33 bits per heavy atom. The van der Waals surface area contributed by atoms with Crippen LogP contribution < -0.4 is 4.90 Å². The topological polar surface area (TPSA) is 42.4 Å². The van der Waals surface area contributed by atoms with Crippen molar-refractivity contribution in [2.45, 2.75) is 44.8 Å². The predicted octanol–water partition coefficient (Wildman–Crippen LogP) is 2.49. The van der Waals surface area contributed by atoms with Gasteiger partial charge in [0.2, 0.25) is 0 Å². The van der Waals surface area contributed by atoms with Gasteiger partial charge in [-0.25, -0.2) is 4.98 Å². The Kier molecular flexibility index (Phi) is 3.35. The molecule has 1 saturated carbocycles. The maximum atomic E-state index is 11.4. The van der Waals surface area contributed by atoms with Crippen LogP contribution in [0.2, 0.25) is 0 Å².